The molecular weight excluding hydrogens is 526 g/mol. The zero-order chi connectivity index (χ0) is 30.3. The first kappa shape index (κ1) is 33.7. The highest BCUT2D eigenvalue weighted by molar-refractivity contribution is 6.30. The number of benzene rings is 1. The van der Waals surface area contributed by atoms with Crippen molar-refractivity contribution in [3.05, 3.63) is 63.4 Å². The molecular formula is C36H56ClN3O. The van der Waals surface area contributed by atoms with Gasteiger partial charge < -0.3 is 4.90 Å². The average Bonchev–Trinajstić information content (AvgIpc) is 3.29. The van der Waals surface area contributed by atoms with Crippen molar-refractivity contribution in [2.75, 3.05) is 33.2 Å². The zero-order valence-electron chi connectivity index (χ0n) is 27.4. The van der Waals surface area contributed by atoms with Crippen molar-refractivity contribution in [2.45, 2.75) is 112 Å². The number of rotatable bonds is 15. The third kappa shape index (κ3) is 8.65. The molecule has 228 valence electrons. The second-order valence-electron chi connectivity index (χ2n) is 13.5. The first-order valence-corrected chi connectivity index (χ1v) is 16.5. The SMILES string of the molecule is CCC(C)C(=O)C(c1cncc(C)c1C(CC)CC)N(C)CCC(CCN1CCC(C)(C)C1)c1cc(Cl)ccc1C. The molecule has 0 radical (unpaired) electrons. The van der Waals surface area contributed by atoms with Crippen LogP contribution in [0.2, 0.25) is 5.02 Å². The number of hydrogen-bond donors (Lipinski definition) is 0. The Balaban J connectivity index is 1.92. The smallest absolute Gasteiger partial charge is 0.157 e. The van der Waals surface area contributed by atoms with Crippen LogP contribution in [0.15, 0.2) is 30.6 Å². The van der Waals surface area contributed by atoms with Gasteiger partial charge in [-0.3, -0.25) is 14.7 Å². The highest BCUT2D eigenvalue weighted by Crippen LogP contribution is 2.37. The van der Waals surface area contributed by atoms with Gasteiger partial charge in [0.15, 0.2) is 5.78 Å². The van der Waals surface area contributed by atoms with Crippen molar-refractivity contribution in [1.82, 2.24) is 14.8 Å². The molecule has 0 spiro atoms. The molecule has 1 aromatic carbocycles. The van der Waals surface area contributed by atoms with Crippen molar-refractivity contribution in [2.24, 2.45) is 11.3 Å². The number of halogens is 1. The fourth-order valence-electron chi connectivity index (χ4n) is 6.90. The quantitative estimate of drug-likeness (QED) is 0.210. The number of carbonyl (C=O) groups is 1. The van der Waals surface area contributed by atoms with Crippen molar-refractivity contribution in [1.29, 1.82) is 0 Å². The Bertz CT molecular complexity index is 1140. The van der Waals surface area contributed by atoms with Gasteiger partial charge in [0.25, 0.3) is 0 Å². The van der Waals surface area contributed by atoms with E-state index in [1.807, 2.05) is 18.5 Å². The van der Waals surface area contributed by atoms with E-state index in [1.165, 1.54) is 41.8 Å². The third-order valence-corrected chi connectivity index (χ3v) is 10.0. The Hall–Kier alpha value is -1.75. The molecule has 0 saturated carbocycles. The molecule has 3 atom stereocenters. The predicted molar refractivity (Wildman–Crippen MR) is 175 cm³/mol. The number of aryl methyl sites for hydroxylation is 2. The van der Waals surface area contributed by atoms with Crippen LogP contribution in [0.25, 0.3) is 0 Å². The standard InChI is InChI=1S/C36H56ClN3O/c1-10-25(4)35(41)34(32-23-38-22-27(6)33(32)28(11-2)12-3)39(9)18-15-29(31-21-30(37)14-13-26(31)5)16-19-40-20-17-36(7,8)24-40/h13-14,21-23,25,28-29,34H,10-12,15-20,24H2,1-9H3. The van der Waals surface area contributed by atoms with Crippen LogP contribution in [0.3, 0.4) is 0 Å². The minimum atomic E-state index is -0.284. The summed E-state index contributed by atoms with van der Waals surface area (Å²) >= 11 is 6.53. The molecule has 1 aliphatic rings. The maximum atomic E-state index is 14.1. The average molecular weight is 582 g/mol. The van der Waals surface area contributed by atoms with Crippen LogP contribution < -0.4 is 0 Å². The number of hydrogen-bond acceptors (Lipinski definition) is 4. The molecule has 2 heterocycles. The Kier molecular flexibility index (Phi) is 12.4. The molecule has 1 saturated heterocycles. The van der Waals surface area contributed by atoms with Crippen LogP contribution in [0.4, 0.5) is 0 Å². The van der Waals surface area contributed by atoms with Gasteiger partial charge in [0, 0.05) is 29.9 Å². The van der Waals surface area contributed by atoms with Gasteiger partial charge in [-0.15, -0.1) is 0 Å². The number of pyridine rings is 1. The normalized spacial score (nSPS) is 17.8. The van der Waals surface area contributed by atoms with Gasteiger partial charge >= 0.3 is 0 Å². The third-order valence-electron chi connectivity index (χ3n) is 9.78. The summed E-state index contributed by atoms with van der Waals surface area (Å²) in [6.45, 7) is 22.1. The summed E-state index contributed by atoms with van der Waals surface area (Å²) in [5.74, 6) is 1.12. The summed E-state index contributed by atoms with van der Waals surface area (Å²) < 4.78 is 0. The molecule has 0 amide bonds. The summed E-state index contributed by atoms with van der Waals surface area (Å²) in [5.41, 5.74) is 6.70. The summed E-state index contributed by atoms with van der Waals surface area (Å²) in [5, 5.41) is 0.803. The first-order chi connectivity index (χ1) is 19.4. The van der Waals surface area contributed by atoms with Gasteiger partial charge in [0.2, 0.25) is 0 Å². The molecule has 0 bridgehead atoms. The number of ketones is 1. The van der Waals surface area contributed by atoms with E-state index in [0.717, 1.165) is 55.8 Å². The van der Waals surface area contributed by atoms with Crippen LogP contribution in [-0.2, 0) is 4.79 Å². The van der Waals surface area contributed by atoms with Gasteiger partial charge in [-0.2, -0.15) is 0 Å². The molecule has 41 heavy (non-hydrogen) atoms. The predicted octanol–water partition coefficient (Wildman–Crippen LogP) is 9.14. The van der Waals surface area contributed by atoms with E-state index in [0.29, 0.717) is 23.0 Å². The molecule has 2 aromatic rings. The van der Waals surface area contributed by atoms with Crippen LogP contribution >= 0.6 is 11.6 Å². The van der Waals surface area contributed by atoms with Crippen LogP contribution in [0.5, 0.6) is 0 Å². The van der Waals surface area contributed by atoms with Gasteiger partial charge in [0.05, 0.1) is 6.04 Å². The Morgan fingerprint density at radius 2 is 1.73 bits per heavy atom. The summed E-state index contributed by atoms with van der Waals surface area (Å²) in [6.07, 6.45) is 10.3. The van der Waals surface area contributed by atoms with Crippen molar-refractivity contribution in [3.8, 4) is 0 Å². The van der Waals surface area contributed by atoms with Gasteiger partial charge in [-0.05, 0) is 136 Å². The Labute approximate surface area is 256 Å². The minimum absolute atomic E-state index is 0.00186. The van der Waals surface area contributed by atoms with Gasteiger partial charge in [-0.1, -0.05) is 59.2 Å². The van der Waals surface area contributed by atoms with E-state index in [-0.39, 0.29) is 12.0 Å². The van der Waals surface area contributed by atoms with Crippen LogP contribution in [0.1, 0.15) is 126 Å². The molecule has 0 aliphatic carbocycles. The van der Waals surface area contributed by atoms with Gasteiger partial charge in [-0.25, -0.2) is 0 Å². The molecule has 5 heteroatoms. The highest BCUT2D eigenvalue weighted by atomic mass is 35.5. The Morgan fingerprint density at radius 3 is 2.34 bits per heavy atom. The van der Waals surface area contributed by atoms with E-state index >= 15 is 0 Å². The van der Waals surface area contributed by atoms with E-state index in [4.69, 9.17) is 11.6 Å². The lowest BCUT2D eigenvalue weighted by molar-refractivity contribution is -0.127. The lowest BCUT2D eigenvalue weighted by atomic mass is 9.82. The number of carbonyl (C=O) groups excluding carboxylic acids is 1. The highest BCUT2D eigenvalue weighted by Gasteiger charge is 2.33. The van der Waals surface area contributed by atoms with E-state index in [9.17, 15) is 4.79 Å². The van der Waals surface area contributed by atoms with Crippen molar-refractivity contribution in [3.63, 3.8) is 0 Å². The minimum Gasteiger partial charge on any atom is -0.303 e. The fourth-order valence-corrected chi connectivity index (χ4v) is 7.08. The molecule has 4 nitrogen and oxygen atoms in total. The lowest BCUT2D eigenvalue weighted by Gasteiger charge is -2.34. The van der Waals surface area contributed by atoms with Gasteiger partial charge in [0.1, 0.15) is 0 Å². The molecule has 1 fully saturated rings. The van der Waals surface area contributed by atoms with Crippen LogP contribution in [-0.4, -0.2) is 53.8 Å². The monoisotopic (exact) mass is 581 g/mol. The Morgan fingerprint density at radius 1 is 1.02 bits per heavy atom. The maximum Gasteiger partial charge on any atom is 0.157 e. The molecule has 3 rings (SSSR count). The van der Waals surface area contributed by atoms with Crippen molar-refractivity contribution >= 4 is 17.4 Å². The molecule has 1 aliphatic heterocycles. The first-order valence-electron chi connectivity index (χ1n) is 16.1. The summed E-state index contributed by atoms with van der Waals surface area (Å²) in [6, 6.07) is 6.04. The zero-order valence-corrected chi connectivity index (χ0v) is 28.2. The topological polar surface area (TPSA) is 36.4 Å². The summed E-state index contributed by atoms with van der Waals surface area (Å²) in [4.78, 5) is 23.6. The van der Waals surface area contributed by atoms with E-state index in [1.54, 1.807) is 0 Å². The largest absolute Gasteiger partial charge is 0.303 e. The lowest BCUT2D eigenvalue weighted by Crippen LogP contribution is -2.36. The molecule has 3 unspecified atom stereocenters. The van der Waals surface area contributed by atoms with E-state index in [2.05, 4.69) is 89.4 Å². The number of likely N-dealkylation sites (tertiary alicyclic amines) is 1. The maximum absolute atomic E-state index is 14.1. The number of likely N-dealkylation sites (N-methyl/N-ethyl adjacent to an activating group) is 1. The second kappa shape index (κ2) is 15.1. The van der Waals surface area contributed by atoms with Crippen molar-refractivity contribution < 1.29 is 4.79 Å². The van der Waals surface area contributed by atoms with E-state index < -0.39 is 0 Å². The summed E-state index contributed by atoms with van der Waals surface area (Å²) in [7, 11) is 2.15. The fraction of sp³-hybridized carbons (Fsp3) is 0.667. The molecule has 1 aromatic heterocycles. The number of aromatic nitrogens is 1. The number of Topliss-reactive ketones (excluding diaryl/α,β-unsaturated/α-hetero) is 1. The number of nitrogens with zero attached hydrogens (tertiary/aromatic N) is 3. The van der Waals surface area contributed by atoms with Crippen LogP contribution in [0, 0.1) is 25.2 Å². The second-order valence-corrected chi connectivity index (χ2v) is 14.0. The molecule has 0 N–H and O–H groups in total.